The van der Waals surface area contributed by atoms with Gasteiger partial charge in [0, 0.05) is 44.6 Å². The molecule has 0 bridgehead atoms. The molecule has 0 spiro atoms. The highest BCUT2D eigenvalue weighted by Crippen LogP contribution is 2.32. The first-order chi connectivity index (χ1) is 11.0. The van der Waals surface area contributed by atoms with Crippen LogP contribution in [0.25, 0.3) is 0 Å². The first kappa shape index (κ1) is 16.4. The quantitative estimate of drug-likeness (QED) is 0.856. The van der Waals surface area contributed by atoms with Gasteiger partial charge in [-0.05, 0) is 38.0 Å². The zero-order valence-corrected chi connectivity index (χ0v) is 14.5. The van der Waals surface area contributed by atoms with E-state index in [1.807, 2.05) is 11.8 Å². The SMILES string of the molecule is Cc1ncc(C(=O)N2CCCN(CC3CC3)[C@H](C(C)C)C2)cn1. The Bertz CT molecular complexity index is 538. The van der Waals surface area contributed by atoms with Gasteiger partial charge in [-0.3, -0.25) is 9.69 Å². The number of carbonyl (C=O) groups is 1. The second kappa shape index (κ2) is 6.95. The van der Waals surface area contributed by atoms with E-state index in [0.717, 1.165) is 32.0 Å². The maximum absolute atomic E-state index is 12.8. The summed E-state index contributed by atoms with van der Waals surface area (Å²) < 4.78 is 0. The van der Waals surface area contributed by atoms with Crippen LogP contribution < -0.4 is 0 Å². The molecule has 2 fully saturated rings. The van der Waals surface area contributed by atoms with Gasteiger partial charge in [-0.2, -0.15) is 0 Å². The van der Waals surface area contributed by atoms with Crippen LogP contribution in [-0.4, -0.2) is 57.9 Å². The summed E-state index contributed by atoms with van der Waals surface area (Å²) in [6.07, 6.45) is 7.12. The van der Waals surface area contributed by atoms with Crippen molar-refractivity contribution in [1.29, 1.82) is 0 Å². The summed E-state index contributed by atoms with van der Waals surface area (Å²) in [6, 6.07) is 0.452. The molecule has 1 aromatic heterocycles. The number of rotatable bonds is 4. The maximum Gasteiger partial charge on any atom is 0.257 e. The number of nitrogens with zero attached hydrogens (tertiary/aromatic N) is 4. The minimum atomic E-state index is 0.0731. The number of amides is 1. The Labute approximate surface area is 139 Å². The topological polar surface area (TPSA) is 49.3 Å². The highest BCUT2D eigenvalue weighted by molar-refractivity contribution is 5.93. The molecule has 126 valence electrons. The van der Waals surface area contributed by atoms with E-state index in [0.29, 0.717) is 23.3 Å². The van der Waals surface area contributed by atoms with Crippen LogP contribution in [0.1, 0.15) is 49.3 Å². The summed E-state index contributed by atoms with van der Waals surface area (Å²) >= 11 is 0. The smallest absolute Gasteiger partial charge is 0.257 e. The summed E-state index contributed by atoms with van der Waals surface area (Å²) in [4.78, 5) is 25.8. The van der Waals surface area contributed by atoms with Gasteiger partial charge in [-0.15, -0.1) is 0 Å². The van der Waals surface area contributed by atoms with Crippen LogP contribution in [0.5, 0.6) is 0 Å². The normalized spacial score (nSPS) is 23.1. The van der Waals surface area contributed by atoms with Crippen molar-refractivity contribution in [2.45, 2.75) is 46.1 Å². The first-order valence-electron chi connectivity index (χ1n) is 8.86. The fourth-order valence-corrected chi connectivity index (χ4v) is 3.42. The third-order valence-corrected chi connectivity index (χ3v) is 5.02. The average Bonchev–Trinajstić information content (AvgIpc) is 3.34. The molecule has 0 aromatic carbocycles. The molecule has 1 atom stereocenters. The molecule has 1 aliphatic carbocycles. The monoisotopic (exact) mass is 316 g/mol. The predicted molar refractivity (Wildman–Crippen MR) is 90.2 cm³/mol. The number of hydrogen-bond acceptors (Lipinski definition) is 4. The van der Waals surface area contributed by atoms with Crippen molar-refractivity contribution in [2.75, 3.05) is 26.2 Å². The third kappa shape index (κ3) is 4.08. The van der Waals surface area contributed by atoms with Crippen LogP contribution in [0.3, 0.4) is 0 Å². The standard InChI is InChI=1S/C18H28N4O/c1-13(2)17-12-22(8-4-7-21(17)11-15-5-6-15)18(23)16-9-19-14(3)20-10-16/h9-10,13,15,17H,4-8,11-12H2,1-3H3/t17-/m0/s1. The summed E-state index contributed by atoms with van der Waals surface area (Å²) in [5, 5.41) is 0. The van der Waals surface area contributed by atoms with E-state index in [4.69, 9.17) is 0 Å². The molecule has 1 amide bonds. The van der Waals surface area contributed by atoms with Gasteiger partial charge in [-0.1, -0.05) is 13.8 Å². The van der Waals surface area contributed by atoms with Crippen molar-refractivity contribution < 1.29 is 4.79 Å². The maximum atomic E-state index is 12.8. The summed E-state index contributed by atoms with van der Waals surface area (Å²) in [7, 11) is 0. The Morgan fingerprint density at radius 1 is 1.26 bits per heavy atom. The van der Waals surface area contributed by atoms with E-state index >= 15 is 0 Å². The minimum Gasteiger partial charge on any atom is -0.337 e. The van der Waals surface area contributed by atoms with Crippen LogP contribution in [0.15, 0.2) is 12.4 Å². The van der Waals surface area contributed by atoms with Crippen LogP contribution in [-0.2, 0) is 0 Å². The molecule has 3 rings (SSSR count). The Morgan fingerprint density at radius 3 is 2.57 bits per heavy atom. The molecule has 2 aliphatic rings. The Hall–Kier alpha value is -1.49. The molecule has 2 heterocycles. The van der Waals surface area contributed by atoms with E-state index in [2.05, 4.69) is 28.7 Å². The highest BCUT2D eigenvalue weighted by Gasteiger charge is 2.33. The second-order valence-corrected chi connectivity index (χ2v) is 7.37. The molecule has 0 unspecified atom stereocenters. The van der Waals surface area contributed by atoms with Crippen molar-refractivity contribution in [3.63, 3.8) is 0 Å². The van der Waals surface area contributed by atoms with Crippen molar-refractivity contribution >= 4 is 5.91 Å². The van der Waals surface area contributed by atoms with Gasteiger partial charge in [0.1, 0.15) is 5.82 Å². The molecule has 23 heavy (non-hydrogen) atoms. The molecule has 0 N–H and O–H groups in total. The van der Waals surface area contributed by atoms with Crippen molar-refractivity contribution in [3.8, 4) is 0 Å². The van der Waals surface area contributed by atoms with Crippen LogP contribution in [0, 0.1) is 18.8 Å². The second-order valence-electron chi connectivity index (χ2n) is 7.37. The van der Waals surface area contributed by atoms with Gasteiger partial charge in [0.25, 0.3) is 5.91 Å². The summed E-state index contributed by atoms with van der Waals surface area (Å²) in [6.45, 7) is 10.3. The van der Waals surface area contributed by atoms with Gasteiger partial charge < -0.3 is 4.90 Å². The first-order valence-corrected chi connectivity index (χ1v) is 8.86. The van der Waals surface area contributed by atoms with E-state index in [1.54, 1.807) is 12.4 Å². The lowest BCUT2D eigenvalue weighted by molar-refractivity contribution is 0.0703. The average molecular weight is 316 g/mol. The molecule has 0 radical (unpaired) electrons. The van der Waals surface area contributed by atoms with Gasteiger partial charge in [0.15, 0.2) is 0 Å². The third-order valence-electron chi connectivity index (χ3n) is 5.02. The van der Waals surface area contributed by atoms with Crippen molar-refractivity contribution in [3.05, 3.63) is 23.8 Å². The lowest BCUT2D eigenvalue weighted by atomic mass is 10.0. The van der Waals surface area contributed by atoms with E-state index < -0.39 is 0 Å². The van der Waals surface area contributed by atoms with Crippen molar-refractivity contribution in [1.82, 2.24) is 19.8 Å². The largest absolute Gasteiger partial charge is 0.337 e. The van der Waals surface area contributed by atoms with Crippen LogP contribution in [0.4, 0.5) is 0 Å². The van der Waals surface area contributed by atoms with E-state index in [-0.39, 0.29) is 5.91 Å². The number of aromatic nitrogens is 2. The molecule has 1 saturated heterocycles. The molecular weight excluding hydrogens is 288 g/mol. The lowest BCUT2D eigenvalue weighted by Crippen LogP contribution is -2.46. The zero-order valence-electron chi connectivity index (χ0n) is 14.5. The minimum absolute atomic E-state index is 0.0731. The van der Waals surface area contributed by atoms with Gasteiger partial charge in [0.05, 0.1) is 5.56 Å². The van der Waals surface area contributed by atoms with Crippen LogP contribution in [0.2, 0.25) is 0 Å². The van der Waals surface area contributed by atoms with Crippen molar-refractivity contribution in [2.24, 2.45) is 11.8 Å². The Morgan fingerprint density at radius 2 is 1.96 bits per heavy atom. The molecule has 1 aliphatic heterocycles. The molecule has 1 aromatic rings. The van der Waals surface area contributed by atoms with Gasteiger partial charge >= 0.3 is 0 Å². The van der Waals surface area contributed by atoms with Crippen LogP contribution >= 0.6 is 0 Å². The molecule has 5 nitrogen and oxygen atoms in total. The molecular formula is C18H28N4O. The Kier molecular flexibility index (Phi) is 4.95. The summed E-state index contributed by atoms with van der Waals surface area (Å²) in [5.74, 6) is 2.22. The fraction of sp³-hybridized carbons (Fsp3) is 0.722. The zero-order chi connectivity index (χ0) is 16.4. The number of carbonyl (C=O) groups excluding carboxylic acids is 1. The van der Waals surface area contributed by atoms with Gasteiger partial charge in [-0.25, -0.2) is 9.97 Å². The number of hydrogen-bond donors (Lipinski definition) is 0. The highest BCUT2D eigenvalue weighted by atomic mass is 16.2. The Balaban J connectivity index is 1.72. The molecule has 5 heteroatoms. The van der Waals surface area contributed by atoms with E-state index in [1.165, 1.54) is 19.4 Å². The molecule has 1 saturated carbocycles. The summed E-state index contributed by atoms with van der Waals surface area (Å²) in [5.41, 5.74) is 0.605. The van der Waals surface area contributed by atoms with E-state index in [9.17, 15) is 4.79 Å². The lowest BCUT2D eigenvalue weighted by Gasteiger charge is -2.34. The fourth-order valence-electron chi connectivity index (χ4n) is 3.42. The van der Waals surface area contributed by atoms with Gasteiger partial charge in [0.2, 0.25) is 0 Å². The predicted octanol–water partition coefficient (Wildman–Crippen LogP) is 2.37. The number of aryl methyl sites for hydroxylation is 1.